The molecule has 0 spiro atoms. The fourth-order valence-electron chi connectivity index (χ4n) is 1.26. The molecule has 0 bridgehead atoms. The third kappa shape index (κ3) is 1.37. The van der Waals surface area contributed by atoms with Gasteiger partial charge in [0.2, 0.25) is 0 Å². The lowest BCUT2D eigenvalue weighted by Gasteiger charge is -2.00. The van der Waals surface area contributed by atoms with Crippen molar-refractivity contribution >= 4 is 11.3 Å². The van der Waals surface area contributed by atoms with Gasteiger partial charge in [0.05, 0.1) is 4.88 Å². The lowest BCUT2D eigenvalue weighted by molar-refractivity contribution is 0.768. The van der Waals surface area contributed by atoms with E-state index in [1.807, 2.05) is 0 Å². The molecule has 4 heteroatoms. The van der Waals surface area contributed by atoms with Crippen LogP contribution in [0, 0.1) is 6.92 Å². The van der Waals surface area contributed by atoms with E-state index in [1.165, 1.54) is 10.4 Å². The number of rotatable bonds is 2. The van der Waals surface area contributed by atoms with E-state index >= 15 is 0 Å². The summed E-state index contributed by atoms with van der Waals surface area (Å²) in [6.07, 6.45) is 1.77. The van der Waals surface area contributed by atoms with Crippen molar-refractivity contribution < 1.29 is 0 Å². The molecule has 2 aromatic heterocycles. The van der Waals surface area contributed by atoms with Gasteiger partial charge in [0.1, 0.15) is 6.33 Å². The molecule has 0 radical (unpaired) electrons. The maximum absolute atomic E-state index is 4.11. The van der Waals surface area contributed by atoms with Crippen LogP contribution >= 0.6 is 11.3 Å². The fraction of sp³-hybridized carbons (Fsp3) is 0.333. The third-order valence-corrected chi connectivity index (χ3v) is 3.03. The first kappa shape index (κ1) is 8.44. The van der Waals surface area contributed by atoms with E-state index in [9.17, 15) is 0 Å². The fourth-order valence-corrected chi connectivity index (χ4v) is 2.19. The lowest BCUT2D eigenvalue weighted by Crippen LogP contribution is -1.95. The van der Waals surface area contributed by atoms with Crippen molar-refractivity contribution in [1.29, 1.82) is 0 Å². The zero-order valence-electron chi connectivity index (χ0n) is 7.69. The van der Waals surface area contributed by atoms with Crippen molar-refractivity contribution in [1.82, 2.24) is 14.8 Å². The van der Waals surface area contributed by atoms with Gasteiger partial charge in [0.25, 0.3) is 0 Å². The Morgan fingerprint density at radius 3 is 3.00 bits per heavy atom. The molecular formula is C9H11N3S. The highest BCUT2D eigenvalue weighted by molar-refractivity contribution is 7.13. The molecule has 0 aliphatic carbocycles. The van der Waals surface area contributed by atoms with Gasteiger partial charge in [0, 0.05) is 6.54 Å². The van der Waals surface area contributed by atoms with Crippen molar-refractivity contribution in [3.05, 3.63) is 23.3 Å². The van der Waals surface area contributed by atoms with Crippen molar-refractivity contribution in [2.24, 2.45) is 0 Å². The second-order valence-corrected chi connectivity index (χ2v) is 3.79. The summed E-state index contributed by atoms with van der Waals surface area (Å²) in [4.78, 5) is 1.22. The minimum absolute atomic E-state index is 0.916. The second-order valence-electron chi connectivity index (χ2n) is 2.87. The van der Waals surface area contributed by atoms with E-state index in [0.29, 0.717) is 0 Å². The molecule has 2 aromatic rings. The van der Waals surface area contributed by atoms with E-state index in [2.05, 4.69) is 40.1 Å². The summed E-state index contributed by atoms with van der Waals surface area (Å²) < 4.78 is 2.05. The summed E-state index contributed by atoms with van der Waals surface area (Å²) in [6, 6.07) is 2.11. The number of aromatic nitrogens is 3. The van der Waals surface area contributed by atoms with Crippen LogP contribution in [0.15, 0.2) is 17.8 Å². The number of aryl methyl sites for hydroxylation is 2. The molecule has 0 N–H and O–H groups in total. The molecule has 13 heavy (non-hydrogen) atoms. The Morgan fingerprint density at radius 1 is 1.54 bits per heavy atom. The molecule has 0 saturated carbocycles. The van der Waals surface area contributed by atoms with Crippen LogP contribution < -0.4 is 0 Å². The zero-order chi connectivity index (χ0) is 9.26. The number of nitrogens with zero attached hydrogens (tertiary/aromatic N) is 3. The van der Waals surface area contributed by atoms with Crippen molar-refractivity contribution in [3.8, 4) is 10.7 Å². The van der Waals surface area contributed by atoms with Gasteiger partial charge in [-0.05, 0) is 30.9 Å². The summed E-state index contributed by atoms with van der Waals surface area (Å²) in [7, 11) is 0. The first-order valence-corrected chi connectivity index (χ1v) is 5.13. The van der Waals surface area contributed by atoms with E-state index in [1.54, 1.807) is 17.7 Å². The van der Waals surface area contributed by atoms with Crippen LogP contribution in [0.3, 0.4) is 0 Å². The lowest BCUT2D eigenvalue weighted by atomic mass is 10.3. The molecule has 0 amide bonds. The topological polar surface area (TPSA) is 30.7 Å². The minimum atomic E-state index is 0.916. The second kappa shape index (κ2) is 3.30. The van der Waals surface area contributed by atoms with Gasteiger partial charge in [-0.1, -0.05) is 0 Å². The highest BCUT2D eigenvalue weighted by Crippen LogP contribution is 2.26. The molecule has 0 aromatic carbocycles. The standard InChI is InChI=1S/C9H11N3S/c1-3-12-6-10-11-9(12)8-7(2)4-5-13-8/h4-6H,3H2,1-2H3. The highest BCUT2D eigenvalue weighted by atomic mass is 32.1. The Kier molecular flexibility index (Phi) is 2.14. The summed E-state index contributed by atoms with van der Waals surface area (Å²) in [5, 5.41) is 10.1. The van der Waals surface area contributed by atoms with Gasteiger partial charge in [-0.3, -0.25) is 0 Å². The summed E-state index contributed by atoms with van der Waals surface area (Å²) in [5.41, 5.74) is 1.27. The van der Waals surface area contributed by atoms with E-state index in [0.717, 1.165) is 12.4 Å². The van der Waals surface area contributed by atoms with Crippen LogP contribution in [0.25, 0.3) is 10.7 Å². The first-order valence-electron chi connectivity index (χ1n) is 4.25. The Balaban J connectivity index is 2.52. The van der Waals surface area contributed by atoms with Gasteiger partial charge in [-0.2, -0.15) is 0 Å². The Bertz CT molecular complexity index is 402. The molecule has 3 nitrogen and oxygen atoms in total. The SMILES string of the molecule is CCn1cnnc1-c1sccc1C. The van der Waals surface area contributed by atoms with Crippen LogP contribution in [-0.4, -0.2) is 14.8 Å². The van der Waals surface area contributed by atoms with E-state index in [4.69, 9.17) is 0 Å². The Labute approximate surface area is 81.1 Å². The highest BCUT2D eigenvalue weighted by Gasteiger charge is 2.09. The van der Waals surface area contributed by atoms with Crippen LogP contribution in [0.1, 0.15) is 12.5 Å². The van der Waals surface area contributed by atoms with Gasteiger partial charge in [-0.25, -0.2) is 0 Å². The average Bonchev–Trinajstić information content (AvgIpc) is 2.71. The maximum Gasteiger partial charge on any atom is 0.174 e. The van der Waals surface area contributed by atoms with Crippen molar-refractivity contribution in [2.45, 2.75) is 20.4 Å². The van der Waals surface area contributed by atoms with E-state index in [-0.39, 0.29) is 0 Å². The van der Waals surface area contributed by atoms with Gasteiger partial charge in [0.15, 0.2) is 5.82 Å². The summed E-state index contributed by atoms with van der Waals surface area (Å²) in [6.45, 7) is 5.11. The molecule has 0 aliphatic rings. The quantitative estimate of drug-likeness (QED) is 0.733. The van der Waals surface area contributed by atoms with Crippen LogP contribution in [0.4, 0.5) is 0 Å². The smallest absolute Gasteiger partial charge is 0.174 e. The molecule has 0 saturated heterocycles. The minimum Gasteiger partial charge on any atom is -0.313 e. The number of hydrogen-bond acceptors (Lipinski definition) is 3. The van der Waals surface area contributed by atoms with Crippen LogP contribution in [0.5, 0.6) is 0 Å². The molecule has 0 unspecified atom stereocenters. The molecule has 0 fully saturated rings. The Morgan fingerprint density at radius 2 is 2.38 bits per heavy atom. The average molecular weight is 193 g/mol. The molecule has 68 valence electrons. The molecule has 0 atom stereocenters. The normalized spacial score (nSPS) is 10.6. The predicted octanol–water partition coefficient (Wildman–Crippen LogP) is 2.33. The molecule has 2 heterocycles. The molecule has 0 aliphatic heterocycles. The van der Waals surface area contributed by atoms with Crippen LogP contribution in [-0.2, 0) is 6.54 Å². The summed E-state index contributed by atoms with van der Waals surface area (Å²) in [5.74, 6) is 0.981. The summed E-state index contributed by atoms with van der Waals surface area (Å²) >= 11 is 1.71. The van der Waals surface area contributed by atoms with E-state index < -0.39 is 0 Å². The van der Waals surface area contributed by atoms with Crippen LogP contribution in [0.2, 0.25) is 0 Å². The monoisotopic (exact) mass is 193 g/mol. The molecule has 2 rings (SSSR count). The van der Waals surface area contributed by atoms with Gasteiger partial charge < -0.3 is 4.57 Å². The maximum atomic E-state index is 4.11. The number of hydrogen-bond donors (Lipinski definition) is 0. The first-order chi connectivity index (χ1) is 6.33. The third-order valence-electron chi connectivity index (χ3n) is 2.02. The van der Waals surface area contributed by atoms with Crippen molar-refractivity contribution in [2.75, 3.05) is 0 Å². The number of thiophene rings is 1. The molecular weight excluding hydrogens is 182 g/mol. The zero-order valence-corrected chi connectivity index (χ0v) is 8.51. The Hall–Kier alpha value is -1.16. The predicted molar refractivity (Wildman–Crippen MR) is 53.7 cm³/mol. The van der Waals surface area contributed by atoms with Crippen molar-refractivity contribution in [3.63, 3.8) is 0 Å². The largest absolute Gasteiger partial charge is 0.313 e. The van der Waals surface area contributed by atoms with Gasteiger partial charge in [-0.15, -0.1) is 21.5 Å². The van der Waals surface area contributed by atoms with Gasteiger partial charge >= 0.3 is 0 Å².